The van der Waals surface area contributed by atoms with Crippen molar-refractivity contribution in [3.63, 3.8) is 0 Å². The molecule has 0 aliphatic carbocycles. The third-order valence-corrected chi connectivity index (χ3v) is 4.29. The molecule has 0 unspecified atom stereocenters. The first kappa shape index (κ1) is 19.8. The maximum Gasteiger partial charge on any atom is 0.415 e. The molecule has 1 aromatic carbocycles. The van der Waals surface area contributed by atoms with Gasteiger partial charge in [-0.25, -0.2) is 4.79 Å². The molecule has 0 aliphatic heterocycles. The Morgan fingerprint density at radius 3 is 2.35 bits per heavy atom. The molecule has 5 heteroatoms. The SMILES string of the molecule is COc1c(C)cnc(COC(=O)N(c2ccccc2C)C(C)(C)C)c1C. The zero-order valence-corrected chi connectivity index (χ0v) is 16.7. The molecule has 0 radical (unpaired) electrons. The van der Waals surface area contributed by atoms with Crippen molar-refractivity contribution in [2.24, 2.45) is 0 Å². The average molecular weight is 356 g/mol. The van der Waals surface area contributed by atoms with E-state index in [-0.39, 0.29) is 6.61 Å². The van der Waals surface area contributed by atoms with Crippen molar-refractivity contribution in [1.29, 1.82) is 0 Å². The van der Waals surface area contributed by atoms with E-state index in [4.69, 9.17) is 9.47 Å². The molecule has 0 bridgehead atoms. The fraction of sp³-hybridized carbons (Fsp3) is 0.429. The summed E-state index contributed by atoms with van der Waals surface area (Å²) in [7, 11) is 1.63. The summed E-state index contributed by atoms with van der Waals surface area (Å²) in [6, 6.07) is 7.79. The van der Waals surface area contributed by atoms with Crippen molar-refractivity contribution < 1.29 is 14.3 Å². The molecular weight excluding hydrogens is 328 g/mol. The molecule has 1 amide bonds. The van der Waals surface area contributed by atoms with Crippen LogP contribution in [0.3, 0.4) is 0 Å². The van der Waals surface area contributed by atoms with Crippen LogP contribution in [0.4, 0.5) is 10.5 Å². The number of amides is 1. The molecule has 0 saturated heterocycles. The van der Waals surface area contributed by atoms with Crippen molar-refractivity contribution in [2.75, 3.05) is 12.0 Å². The minimum absolute atomic E-state index is 0.0970. The summed E-state index contributed by atoms with van der Waals surface area (Å²) in [5, 5.41) is 0. The third-order valence-electron chi connectivity index (χ3n) is 4.29. The zero-order valence-electron chi connectivity index (χ0n) is 16.7. The number of carbonyl (C=O) groups is 1. The minimum atomic E-state index is -0.420. The van der Waals surface area contributed by atoms with E-state index in [2.05, 4.69) is 4.98 Å². The van der Waals surface area contributed by atoms with Gasteiger partial charge in [0.05, 0.1) is 18.5 Å². The van der Waals surface area contributed by atoms with Gasteiger partial charge in [0.15, 0.2) is 0 Å². The Morgan fingerprint density at radius 2 is 1.77 bits per heavy atom. The van der Waals surface area contributed by atoms with Gasteiger partial charge >= 0.3 is 6.09 Å². The number of ether oxygens (including phenoxy) is 2. The average Bonchev–Trinajstić information content (AvgIpc) is 2.55. The Bertz CT molecular complexity index is 794. The summed E-state index contributed by atoms with van der Waals surface area (Å²) in [6.07, 6.45) is 1.34. The fourth-order valence-electron chi connectivity index (χ4n) is 2.96. The number of aromatic nitrogens is 1. The number of hydrogen-bond donors (Lipinski definition) is 0. The third kappa shape index (κ3) is 4.15. The predicted octanol–water partition coefficient (Wildman–Crippen LogP) is 4.96. The highest BCUT2D eigenvalue weighted by Gasteiger charge is 2.30. The fourth-order valence-corrected chi connectivity index (χ4v) is 2.96. The van der Waals surface area contributed by atoms with Gasteiger partial charge in [-0.15, -0.1) is 0 Å². The lowest BCUT2D eigenvalue weighted by Crippen LogP contribution is -2.46. The number of para-hydroxylation sites is 1. The van der Waals surface area contributed by atoms with E-state index in [1.165, 1.54) is 0 Å². The highest BCUT2D eigenvalue weighted by Crippen LogP contribution is 2.29. The number of methoxy groups -OCH3 is 1. The van der Waals surface area contributed by atoms with Gasteiger partial charge in [-0.3, -0.25) is 9.88 Å². The number of pyridine rings is 1. The summed E-state index contributed by atoms with van der Waals surface area (Å²) in [5.41, 5.74) is 3.98. The number of nitrogens with zero attached hydrogens (tertiary/aromatic N) is 2. The minimum Gasteiger partial charge on any atom is -0.496 e. The lowest BCUT2D eigenvalue weighted by molar-refractivity contribution is 0.140. The number of benzene rings is 1. The van der Waals surface area contributed by atoms with Crippen LogP contribution < -0.4 is 9.64 Å². The van der Waals surface area contributed by atoms with E-state index < -0.39 is 11.6 Å². The molecule has 140 valence electrons. The first-order valence-electron chi connectivity index (χ1n) is 8.68. The smallest absolute Gasteiger partial charge is 0.415 e. The van der Waals surface area contributed by atoms with Crippen LogP contribution in [-0.4, -0.2) is 23.7 Å². The van der Waals surface area contributed by atoms with Gasteiger partial charge in [0.1, 0.15) is 12.4 Å². The Kier molecular flexibility index (Phi) is 5.90. The Hall–Kier alpha value is -2.56. The van der Waals surface area contributed by atoms with E-state index in [9.17, 15) is 4.79 Å². The number of aryl methyl sites for hydroxylation is 2. The van der Waals surface area contributed by atoms with Crippen molar-refractivity contribution in [3.8, 4) is 5.75 Å². The second-order valence-corrected chi connectivity index (χ2v) is 7.39. The molecule has 0 atom stereocenters. The topological polar surface area (TPSA) is 51.7 Å². The van der Waals surface area contributed by atoms with Crippen LogP contribution >= 0.6 is 0 Å². The van der Waals surface area contributed by atoms with E-state index in [0.717, 1.165) is 28.1 Å². The summed E-state index contributed by atoms with van der Waals surface area (Å²) in [4.78, 5) is 19.0. The van der Waals surface area contributed by atoms with E-state index >= 15 is 0 Å². The monoisotopic (exact) mass is 356 g/mol. The van der Waals surface area contributed by atoms with Gasteiger partial charge in [0.2, 0.25) is 0 Å². The number of carbonyl (C=O) groups excluding carboxylic acids is 1. The first-order chi connectivity index (χ1) is 12.2. The number of rotatable bonds is 4. The van der Waals surface area contributed by atoms with Gasteiger partial charge < -0.3 is 9.47 Å². The summed E-state index contributed by atoms with van der Waals surface area (Å²) >= 11 is 0. The Balaban J connectivity index is 2.26. The van der Waals surface area contributed by atoms with Crippen molar-refractivity contribution >= 4 is 11.8 Å². The molecule has 0 fully saturated rings. The van der Waals surface area contributed by atoms with Crippen LogP contribution in [0.5, 0.6) is 5.75 Å². The lowest BCUT2D eigenvalue weighted by Gasteiger charge is -2.35. The first-order valence-corrected chi connectivity index (χ1v) is 8.68. The quantitative estimate of drug-likeness (QED) is 0.777. The molecule has 1 aromatic heterocycles. The van der Waals surface area contributed by atoms with Gasteiger partial charge in [0.25, 0.3) is 0 Å². The normalized spacial score (nSPS) is 11.2. The van der Waals surface area contributed by atoms with Crippen LogP contribution in [0.2, 0.25) is 0 Å². The van der Waals surface area contributed by atoms with Gasteiger partial charge in [0, 0.05) is 22.9 Å². The molecular formula is C21H28N2O3. The van der Waals surface area contributed by atoms with E-state index in [1.54, 1.807) is 18.2 Å². The van der Waals surface area contributed by atoms with Gasteiger partial charge in [-0.1, -0.05) is 18.2 Å². The predicted molar refractivity (Wildman–Crippen MR) is 104 cm³/mol. The molecule has 0 aliphatic rings. The van der Waals surface area contributed by atoms with Crippen LogP contribution in [0.25, 0.3) is 0 Å². The molecule has 26 heavy (non-hydrogen) atoms. The van der Waals surface area contributed by atoms with Crippen molar-refractivity contribution in [3.05, 3.63) is 52.8 Å². The van der Waals surface area contributed by atoms with Crippen LogP contribution in [0.1, 0.15) is 43.2 Å². The maximum absolute atomic E-state index is 12.9. The zero-order chi connectivity index (χ0) is 19.5. The Labute approximate surface area is 156 Å². The highest BCUT2D eigenvalue weighted by molar-refractivity contribution is 5.90. The van der Waals surface area contributed by atoms with Crippen LogP contribution in [0, 0.1) is 20.8 Å². The number of hydrogen-bond acceptors (Lipinski definition) is 4. The van der Waals surface area contributed by atoms with Gasteiger partial charge in [-0.05, 0) is 53.2 Å². The van der Waals surface area contributed by atoms with E-state index in [1.807, 2.05) is 65.8 Å². The molecule has 2 rings (SSSR count). The van der Waals surface area contributed by atoms with Crippen LogP contribution in [-0.2, 0) is 11.3 Å². The summed E-state index contributed by atoms with van der Waals surface area (Å²) in [6.45, 7) is 11.9. The molecule has 2 aromatic rings. The lowest BCUT2D eigenvalue weighted by atomic mass is 10.0. The standard InChI is InChI=1S/C21H28N2O3/c1-14-10-8-9-11-18(14)23(21(4,5)6)20(24)26-13-17-16(3)19(25-7)15(2)12-22-17/h8-12H,13H2,1-7H3. The Morgan fingerprint density at radius 1 is 1.12 bits per heavy atom. The van der Waals surface area contributed by atoms with E-state index in [0.29, 0.717) is 5.69 Å². The maximum atomic E-state index is 12.9. The molecule has 1 heterocycles. The summed E-state index contributed by atoms with van der Waals surface area (Å²) < 4.78 is 11.0. The van der Waals surface area contributed by atoms with Crippen LogP contribution in [0.15, 0.2) is 30.5 Å². The largest absolute Gasteiger partial charge is 0.496 e. The summed E-state index contributed by atoms with van der Waals surface area (Å²) in [5.74, 6) is 0.776. The number of anilines is 1. The van der Waals surface area contributed by atoms with Crippen molar-refractivity contribution in [2.45, 2.75) is 53.7 Å². The second-order valence-electron chi connectivity index (χ2n) is 7.39. The van der Waals surface area contributed by atoms with Gasteiger partial charge in [-0.2, -0.15) is 0 Å². The molecule has 0 saturated carbocycles. The molecule has 0 N–H and O–H groups in total. The van der Waals surface area contributed by atoms with Crippen molar-refractivity contribution in [1.82, 2.24) is 4.98 Å². The second kappa shape index (κ2) is 7.77. The molecule has 0 spiro atoms. The highest BCUT2D eigenvalue weighted by atomic mass is 16.6. The molecule has 5 nitrogen and oxygen atoms in total.